The van der Waals surface area contributed by atoms with E-state index in [1.807, 2.05) is 6.92 Å². The molecule has 0 aliphatic rings. The fourth-order valence-corrected chi connectivity index (χ4v) is 2.37. The zero-order valence-electron chi connectivity index (χ0n) is 8.07. The number of nitrogens with zero attached hydrogens (tertiary/aromatic N) is 3. The van der Waals surface area contributed by atoms with Crippen LogP contribution in [-0.4, -0.2) is 19.9 Å². The third-order valence-electron chi connectivity index (χ3n) is 1.87. The summed E-state index contributed by atoms with van der Waals surface area (Å²) in [5.41, 5.74) is 0.959. The summed E-state index contributed by atoms with van der Waals surface area (Å²) >= 11 is 7.43. The number of H-pyrrole nitrogens is 1. The van der Waals surface area contributed by atoms with Gasteiger partial charge in [-0.1, -0.05) is 18.5 Å². The molecule has 0 saturated carbocycles. The molecular formula is C9H9ClN4S. The highest BCUT2D eigenvalue weighted by Crippen LogP contribution is 2.28. The van der Waals surface area contributed by atoms with Crippen LogP contribution in [0.25, 0.3) is 0 Å². The standard InChI is InChI=1S/C9H9ClN4S/c1-2-6-7(10)13-5-14-8(6)15-9-11-3-4-12-9/h3-5H,2H2,1H3,(H,11,12). The van der Waals surface area contributed by atoms with E-state index in [9.17, 15) is 0 Å². The van der Waals surface area contributed by atoms with Gasteiger partial charge < -0.3 is 4.98 Å². The van der Waals surface area contributed by atoms with Crippen LogP contribution in [0.3, 0.4) is 0 Å². The van der Waals surface area contributed by atoms with Crippen LogP contribution < -0.4 is 0 Å². The van der Waals surface area contributed by atoms with E-state index in [4.69, 9.17) is 11.6 Å². The average Bonchev–Trinajstić information content (AvgIpc) is 2.71. The Hall–Kier alpha value is -1.07. The minimum absolute atomic E-state index is 0.515. The molecule has 0 radical (unpaired) electrons. The molecule has 0 spiro atoms. The lowest BCUT2D eigenvalue weighted by Crippen LogP contribution is -1.94. The van der Waals surface area contributed by atoms with Crippen LogP contribution in [0.15, 0.2) is 28.9 Å². The maximum absolute atomic E-state index is 5.97. The second-order valence-electron chi connectivity index (χ2n) is 2.80. The lowest BCUT2D eigenvalue weighted by atomic mass is 10.3. The summed E-state index contributed by atoms with van der Waals surface area (Å²) < 4.78 is 0. The molecule has 2 aromatic heterocycles. The van der Waals surface area contributed by atoms with E-state index in [1.165, 1.54) is 18.1 Å². The average molecular weight is 241 g/mol. The summed E-state index contributed by atoms with van der Waals surface area (Å²) in [5, 5.41) is 2.17. The Morgan fingerprint density at radius 2 is 2.27 bits per heavy atom. The molecule has 0 aliphatic heterocycles. The molecule has 0 unspecified atom stereocenters. The number of hydrogen-bond acceptors (Lipinski definition) is 4. The zero-order chi connectivity index (χ0) is 10.7. The van der Waals surface area contributed by atoms with E-state index in [1.54, 1.807) is 12.4 Å². The van der Waals surface area contributed by atoms with Crippen LogP contribution in [0.2, 0.25) is 5.15 Å². The molecule has 0 bridgehead atoms. The van der Waals surface area contributed by atoms with Crippen molar-refractivity contribution in [2.45, 2.75) is 23.5 Å². The first-order valence-electron chi connectivity index (χ1n) is 4.48. The van der Waals surface area contributed by atoms with Crippen molar-refractivity contribution in [3.8, 4) is 0 Å². The molecule has 0 amide bonds. The number of nitrogens with one attached hydrogen (secondary N) is 1. The van der Waals surface area contributed by atoms with E-state index in [2.05, 4.69) is 19.9 Å². The molecule has 78 valence electrons. The summed E-state index contributed by atoms with van der Waals surface area (Å²) in [6, 6.07) is 0. The van der Waals surface area contributed by atoms with Crippen LogP contribution >= 0.6 is 23.4 Å². The fraction of sp³-hybridized carbons (Fsp3) is 0.222. The van der Waals surface area contributed by atoms with Gasteiger partial charge in [-0.15, -0.1) is 0 Å². The lowest BCUT2D eigenvalue weighted by molar-refractivity contribution is 0.936. The van der Waals surface area contributed by atoms with Crippen molar-refractivity contribution >= 4 is 23.4 Å². The van der Waals surface area contributed by atoms with E-state index in [-0.39, 0.29) is 0 Å². The van der Waals surface area contributed by atoms with Crippen molar-refractivity contribution in [2.75, 3.05) is 0 Å². The Kier molecular flexibility index (Phi) is 3.23. The normalized spacial score (nSPS) is 10.5. The van der Waals surface area contributed by atoms with Crippen LogP contribution in [0.4, 0.5) is 0 Å². The monoisotopic (exact) mass is 240 g/mol. The molecule has 0 saturated heterocycles. The van der Waals surface area contributed by atoms with Gasteiger partial charge in [-0.2, -0.15) is 0 Å². The molecule has 2 heterocycles. The Morgan fingerprint density at radius 1 is 1.40 bits per heavy atom. The van der Waals surface area contributed by atoms with Crippen molar-refractivity contribution < 1.29 is 0 Å². The summed E-state index contributed by atoms with van der Waals surface area (Å²) in [6.45, 7) is 2.02. The minimum atomic E-state index is 0.515. The minimum Gasteiger partial charge on any atom is -0.339 e. The van der Waals surface area contributed by atoms with E-state index in [0.29, 0.717) is 5.15 Å². The second kappa shape index (κ2) is 4.63. The molecule has 4 nitrogen and oxygen atoms in total. The third-order valence-corrected chi connectivity index (χ3v) is 3.16. The van der Waals surface area contributed by atoms with Crippen LogP contribution in [-0.2, 0) is 6.42 Å². The number of hydrogen-bond donors (Lipinski definition) is 1. The van der Waals surface area contributed by atoms with E-state index in [0.717, 1.165) is 22.2 Å². The molecule has 0 fully saturated rings. The molecule has 6 heteroatoms. The zero-order valence-corrected chi connectivity index (χ0v) is 9.64. The predicted molar refractivity (Wildman–Crippen MR) is 59.1 cm³/mol. The van der Waals surface area contributed by atoms with Gasteiger partial charge in [0.2, 0.25) is 0 Å². The van der Waals surface area contributed by atoms with Crippen molar-refractivity contribution in [3.05, 3.63) is 29.4 Å². The summed E-state index contributed by atoms with van der Waals surface area (Å²) in [5.74, 6) is 0. The van der Waals surface area contributed by atoms with Gasteiger partial charge in [0.05, 0.1) is 0 Å². The third kappa shape index (κ3) is 2.30. The molecule has 0 atom stereocenters. The maximum Gasteiger partial charge on any atom is 0.171 e. The maximum atomic E-state index is 5.97. The van der Waals surface area contributed by atoms with Crippen molar-refractivity contribution in [1.82, 2.24) is 19.9 Å². The molecule has 0 aromatic carbocycles. The van der Waals surface area contributed by atoms with Gasteiger partial charge in [0.15, 0.2) is 5.16 Å². The van der Waals surface area contributed by atoms with E-state index < -0.39 is 0 Å². The van der Waals surface area contributed by atoms with Crippen molar-refractivity contribution in [2.24, 2.45) is 0 Å². The van der Waals surface area contributed by atoms with Gasteiger partial charge in [0.1, 0.15) is 16.5 Å². The predicted octanol–water partition coefficient (Wildman–Crippen LogP) is 2.57. The molecular weight excluding hydrogens is 232 g/mol. The molecule has 2 rings (SSSR count). The Labute approximate surface area is 96.5 Å². The first-order valence-corrected chi connectivity index (χ1v) is 5.67. The molecule has 2 aromatic rings. The van der Waals surface area contributed by atoms with Gasteiger partial charge in [-0.05, 0) is 18.2 Å². The molecule has 0 aliphatic carbocycles. The number of aromatic nitrogens is 4. The highest BCUT2D eigenvalue weighted by Gasteiger charge is 2.10. The van der Waals surface area contributed by atoms with Crippen molar-refractivity contribution in [1.29, 1.82) is 0 Å². The number of rotatable bonds is 3. The first kappa shape index (κ1) is 10.4. The van der Waals surface area contributed by atoms with Gasteiger partial charge in [0, 0.05) is 18.0 Å². The number of aromatic amines is 1. The highest BCUT2D eigenvalue weighted by molar-refractivity contribution is 7.99. The summed E-state index contributed by atoms with van der Waals surface area (Å²) in [7, 11) is 0. The lowest BCUT2D eigenvalue weighted by Gasteiger charge is -2.04. The quantitative estimate of drug-likeness (QED) is 0.838. The largest absolute Gasteiger partial charge is 0.339 e. The smallest absolute Gasteiger partial charge is 0.171 e. The van der Waals surface area contributed by atoms with Crippen molar-refractivity contribution in [3.63, 3.8) is 0 Å². The Morgan fingerprint density at radius 3 is 2.93 bits per heavy atom. The Bertz CT molecular complexity index is 443. The van der Waals surface area contributed by atoms with Crippen LogP contribution in [0, 0.1) is 0 Å². The topological polar surface area (TPSA) is 54.5 Å². The van der Waals surface area contributed by atoms with Crippen LogP contribution in [0.5, 0.6) is 0 Å². The second-order valence-corrected chi connectivity index (χ2v) is 4.13. The molecule has 15 heavy (non-hydrogen) atoms. The Balaban J connectivity index is 2.32. The fourth-order valence-electron chi connectivity index (χ4n) is 1.16. The first-order chi connectivity index (χ1) is 7.31. The van der Waals surface area contributed by atoms with Crippen LogP contribution in [0.1, 0.15) is 12.5 Å². The van der Waals surface area contributed by atoms with Gasteiger partial charge >= 0.3 is 0 Å². The number of imidazole rings is 1. The van der Waals surface area contributed by atoms with Gasteiger partial charge in [-0.25, -0.2) is 15.0 Å². The highest BCUT2D eigenvalue weighted by atomic mass is 35.5. The summed E-state index contributed by atoms with van der Waals surface area (Å²) in [4.78, 5) is 15.3. The SMILES string of the molecule is CCc1c(Cl)ncnc1Sc1ncc[nH]1. The van der Waals surface area contributed by atoms with Gasteiger partial charge in [-0.3, -0.25) is 0 Å². The van der Waals surface area contributed by atoms with Gasteiger partial charge in [0.25, 0.3) is 0 Å². The number of halogens is 1. The molecule has 1 N–H and O–H groups in total. The summed E-state index contributed by atoms with van der Waals surface area (Å²) in [6.07, 6.45) is 5.75. The van der Waals surface area contributed by atoms with E-state index >= 15 is 0 Å².